The number of hydrogen-bond donors (Lipinski definition) is 4. The smallest absolute Gasteiger partial charge is 0.267 e. The molecule has 1 atom stereocenters. The molecule has 1 aliphatic rings. The van der Waals surface area contributed by atoms with Crippen molar-refractivity contribution in [3.8, 4) is 5.75 Å². The number of carbonyl (C=O) groups excluding carboxylic acids is 2. The Morgan fingerprint density at radius 3 is 2.88 bits per heavy atom. The lowest BCUT2D eigenvalue weighted by atomic mass is 10.1. The number of nitrogens with two attached hydrogens (primary N) is 1. The molecule has 11 heteroatoms. The van der Waals surface area contributed by atoms with Gasteiger partial charge < -0.3 is 31.1 Å². The number of anilines is 1. The molecule has 1 fully saturated rings. The number of hydrogen-bond acceptors (Lipinski definition) is 8. The van der Waals surface area contributed by atoms with Gasteiger partial charge in [0, 0.05) is 37.5 Å². The summed E-state index contributed by atoms with van der Waals surface area (Å²) >= 11 is 1.10. The number of benzene rings is 1. The predicted octanol–water partition coefficient (Wildman–Crippen LogP) is 2.45. The van der Waals surface area contributed by atoms with Crippen LogP contribution in [0.4, 0.5) is 10.8 Å². The van der Waals surface area contributed by atoms with Crippen LogP contribution in [0, 0.1) is 13.8 Å². The molecule has 5 N–H and O–H groups in total. The summed E-state index contributed by atoms with van der Waals surface area (Å²) in [6.45, 7) is 6.80. The van der Waals surface area contributed by atoms with Gasteiger partial charge in [-0.3, -0.25) is 9.59 Å². The van der Waals surface area contributed by atoms with Gasteiger partial charge in [-0.25, -0.2) is 9.98 Å². The average Bonchev–Trinajstić information content (AvgIpc) is 3.49. The van der Waals surface area contributed by atoms with Crippen LogP contribution in [0.3, 0.4) is 0 Å². The van der Waals surface area contributed by atoms with Crippen LogP contribution in [-0.2, 0) is 9.53 Å². The number of amidine groups is 1. The summed E-state index contributed by atoms with van der Waals surface area (Å²) in [6.07, 6.45) is 4.01. The average molecular weight is 487 g/mol. The molecule has 0 aliphatic carbocycles. The van der Waals surface area contributed by atoms with E-state index in [-0.39, 0.29) is 36.0 Å². The molecule has 2 heterocycles. The second-order valence-electron chi connectivity index (χ2n) is 8.05. The first-order valence-corrected chi connectivity index (χ1v) is 11.6. The summed E-state index contributed by atoms with van der Waals surface area (Å²) in [4.78, 5) is 35.5. The van der Waals surface area contributed by atoms with E-state index in [0.717, 1.165) is 23.3 Å². The minimum Gasteiger partial charge on any atom is -0.508 e. The molecular weight excluding hydrogens is 456 g/mol. The summed E-state index contributed by atoms with van der Waals surface area (Å²) < 4.78 is 5.28. The highest BCUT2D eigenvalue weighted by Gasteiger charge is 2.25. The zero-order chi connectivity index (χ0) is 24.8. The highest BCUT2D eigenvalue weighted by atomic mass is 32.1. The van der Waals surface area contributed by atoms with Gasteiger partial charge in [-0.1, -0.05) is 17.4 Å². The maximum absolute atomic E-state index is 12.6. The topological polar surface area (TPSA) is 142 Å². The maximum atomic E-state index is 12.6. The highest BCUT2D eigenvalue weighted by Crippen LogP contribution is 2.29. The molecule has 1 saturated heterocycles. The van der Waals surface area contributed by atoms with Gasteiger partial charge in [0.2, 0.25) is 11.0 Å². The quantitative estimate of drug-likeness (QED) is 0.332. The monoisotopic (exact) mass is 486 g/mol. The molecule has 0 spiro atoms. The summed E-state index contributed by atoms with van der Waals surface area (Å²) in [7, 11) is 1.65. The second kappa shape index (κ2) is 11.1. The van der Waals surface area contributed by atoms with Crippen molar-refractivity contribution in [2.24, 2.45) is 10.7 Å². The number of nitrogens with one attached hydrogen (secondary N) is 2. The minimum atomic E-state index is -0.348. The van der Waals surface area contributed by atoms with E-state index in [1.165, 1.54) is 6.20 Å². The molecule has 3 rings (SSSR count). The van der Waals surface area contributed by atoms with E-state index in [9.17, 15) is 14.7 Å². The van der Waals surface area contributed by atoms with Crippen LogP contribution in [-0.4, -0.2) is 65.5 Å². The van der Waals surface area contributed by atoms with Gasteiger partial charge in [0.05, 0.1) is 24.5 Å². The first-order chi connectivity index (χ1) is 16.2. The van der Waals surface area contributed by atoms with Gasteiger partial charge in [-0.05, 0) is 38.8 Å². The summed E-state index contributed by atoms with van der Waals surface area (Å²) in [5.41, 5.74) is 8.69. The largest absolute Gasteiger partial charge is 0.508 e. The number of likely N-dealkylation sites (tertiary alicyclic amines) is 1. The van der Waals surface area contributed by atoms with Crippen LogP contribution in [0.15, 0.2) is 35.1 Å². The Kier molecular flexibility index (Phi) is 8.24. The summed E-state index contributed by atoms with van der Waals surface area (Å²) in [5, 5.41) is 16.0. The lowest BCUT2D eigenvalue weighted by Gasteiger charge is -2.16. The van der Waals surface area contributed by atoms with Crippen molar-refractivity contribution in [1.82, 2.24) is 15.2 Å². The van der Waals surface area contributed by atoms with E-state index < -0.39 is 0 Å². The van der Waals surface area contributed by atoms with E-state index in [4.69, 9.17) is 10.5 Å². The van der Waals surface area contributed by atoms with Gasteiger partial charge in [-0.15, -0.1) is 0 Å². The summed E-state index contributed by atoms with van der Waals surface area (Å²) in [5.74, 6) is -0.0201. The number of aryl methyl sites for hydroxylation is 1. The first kappa shape index (κ1) is 25.2. The number of methoxy groups -OCH3 is 1. The highest BCUT2D eigenvalue weighted by molar-refractivity contribution is 7.17. The molecule has 0 radical (unpaired) electrons. The van der Waals surface area contributed by atoms with Crippen LogP contribution in [0.5, 0.6) is 5.75 Å². The van der Waals surface area contributed by atoms with E-state index in [1.807, 2.05) is 6.92 Å². The standard InChI is InChI=1S/C23H30N6O4S/c1-13-5-6-17(30)15(3)20(13)27-22(32)18-10-26-23(34-18)28-21(24)14(2)9-25-11-19(31)29-8-7-16(12-29)33-4/h5-6,9-10,16,25,30H,7-8,11-12H2,1-4H3,(H,27,32)(H2,24,26,28)/b14-9-. The van der Waals surface area contributed by atoms with Crippen molar-refractivity contribution in [2.45, 2.75) is 33.3 Å². The minimum absolute atomic E-state index is 0.00750. The van der Waals surface area contributed by atoms with Crippen LogP contribution < -0.4 is 16.4 Å². The Labute approximate surface area is 202 Å². The number of amides is 2. The number of phenolic OH excluding ortho intramolecular Hbond substituents is 1. The third-order valence-electron chi connectivity index (χ3n) is 5.62. The Balaban J connectivity index is 1.58. The zero-order valence-corrected chi connectivity index (χ0v) is 20.5. The third-order valence-corrected chi connectivity index (χ3v) is 6.51. The molecule has 2 aromatic rings. The molecule has 1 aromatic heterocycles. The Hall–Kier alpha value is -3.44. The molecule has 34 heavy (non-hydrogen) atoms. The Morgan fingerprint density at radius 1 is 1.41 bits per heavy atom. The van der Waals surface area contributed by atoms with E-state index >= 15 is 0 Å². The maximum Gasteiger partial charge on any atom is 0.267 e. The molecule has 182 valence electrons. The normalized spacial score (nSPS) is 16.6. The number of phenols is 1. The van der Waals surface area contributed by atoms with Crippen molar-refractivity contribution in [3.05, 3.63) is 46.1 Å². The Bertz CT molecular complexity index is 1130. The summed E-state index contributed by atoms with van der Waals surface area (Å²) in [6, 6.07) is 3.32. The fraction of sp³-hybridized carbons (Fsp3) is 0.391. The lowest BCUT2D eigenvalue weighted by molar-refractivity contribution is -0.129. The van der Waals surface area contributed by atoms with Crippen LogP contribution >= 0.6 is 11.3 Å². The van der Waals surface area contributed by atoms with Gasteiger partial charge in [-0.2, -0.15) is 0 Å². The SMILES string of the molecule is COC1CCN(C(=O)CN/C=C(C)\C(N)=N/c2ncc(C(=O)Nc3c(C)ccc(O)c3C)s2)C1. The van der Waals surface area contributed by atoms with E-state index in [1.54, 1.807) is 44.2 Å². The molecule has 2 amide bonds. The van der Waals surface area contributed by atoms with Crippen LogP contribution in [0.2, 0.25) is 0 Å². The fourth-order valence-corrected chi connectivity index (χ4v) is 4.14. The number of aromatic hydroxyl groups is 1. The Morgan fingerprint density at radius 2 is 2.18 bits per heavy atom. The van der Waals surface area contributed by atoms with Gasteiger partial charge >= 0.3 is 0 Å². The molecule has 0 bridgehead atoms. The number of aliphatic imine (C=N–C) groups is 1. The van der Waals surface area contributed by atoms with Crippen molar-refractivity contribution in [1.29, 1.82) is 0 Å². The van der Waals surface area contributed by atoms with Crippen LogP contribution in [0.1, 0.15) is 34.1 Å². The molecular formula is C23H30N6O4S. The molecule has 1 aliphatic heterocycles. The molecule has 0 saturated carbocycles. The van der Waals surface area contributed by atoms with Crippen molar-refractivity contribution < 1.29 is 19.4 Å². The number of aromatic nitrogens is 1. The van der Waals surface area contributed by atoms with Gasteiger partial charge in [0.1, 0.15) is 16.5 Å². The predicted molar refractivity (Wildman–Crippen MR) is 133 cm³/mol. The fourth-order valence-electron chi connectivity index (χ4n) is 3.44. The molecule has 1 unspecified atom stereocenters. The second-order valence-corrected chi connectivity index (χ2v) is 9.06. The number of thiazole rings is 1. The van der Waals surface area contributed by atoms with Gasteiger partial charge in [0.25, 0.3) is 5.91 Å². The van der Waals surface area contributed by atoms with E-state index in [2.05, 4.69) is 20.6 Å². The zero-order valence-electron chi connectivity index (χ0n) is 19.7. The van der Waals surface area contributed by atoms with Crippen LogP contribution in [0.25, 0.3) is 0 Å². The van der Waals surface area contributed by atoms with E-state index in [0.29, 0.717) is 39.9 Å². The number of ether oxygens (including phenoxy) is 1. The lowest BCUT2D eigenvalue weighted by Crippen LogP contribution is -2.36. The molecule has 10 nitrogen and oxygen atoms in total. The number of nitrogens with zero attached hydrogens (tertiary/aromatic N) is 3. The third kappa shape index (κ3) is 6.12. The number of carbonyl (C=O) groups is 2. The van der Waals surface area contributed by atoms with Crippen molar-refractivity contribution in [2.75, 3.05) is 32.1 Å². The van der Waals surface area contributed by atoms with Crippen molar-refractivity contribution >= 4 is 39.8 Å². The first-order valence-electron chi connectivity index (χ1n) is 10.8. The van der Waals surface area contributed by atoms with Gasteiger partial charge in [0.15, 0.2) is 0 Å². The van der Waals surface area contributed by atoms with Crippen molar-refractivity contribution in [3.63, 3.8) is 0 Å². The number of rotatable bonds is 8. The molecule has 1 aromatic carbocycles.